The number of nitrogens with one attached hydrogen (secondary N) is 1. The first kappa shape index (κ1) is 19.2. The third-order valence-corrected chi connectivity index (χ3v) is 5.48. The fourth-order valence-electron chi connectivity index (χ4n) is 3.70. The van der Waals surface area contributed by atoms with Crippen molar-refractivity contribution in [2.24, 2.45) is 0 Å². The van der Waals surface area contributed by atoms with Crippen molar-refractivity contribution in [2.45, 2.75) is 19.5 Å². The minimum absolute atomic E-state index is 0.0862. The van der Waals surface area contributed by atoms with Crippen LogP contribution in [-0.2, 0) is 11.3 Å². The Balaban J connectivity index is 1.29. The summed E-state index contributed by atoms with van der Waals surface area (Å²) in [7, 11) is 0. The van der Waals surface area contributed by atoms with Crippen LogP contribution >= 0.6 is 0 Å². The third-order valence-electron chi connectivity index (χ3n) is 5.48. The molecule has 150 valence electrons. The second kappa shape index (κ2) is 8.52. The number of para-hydroxylation sites is 1. The SMILES string of the molecule is C[C@H](C(=O)Nc1ccccc1C#N)N1CCN(Cc2ccc3c(c2)OCO3)CC1. The van der Waals surface area contributed by atoms with Gasteiger partial charge in [-0.1, -0.05) is 18.2 Å². The van der Waals surface area contributed by atoms with Gasteiger partial charge in [0.1, 0.15) is 6.07 Å². The Morgan fingerprint density at radius 2 is 1.90 bits per heavy atom. The van der Waals surface area contributed by atoms with Crippen molar-refractivity contribution in [1.82, 2.24) is 9.80 Å². The number of carbonyl (C=O) groups excluding carboxylic acids is 1. The van der Waals surface area contributed by atoms with E-state index in [4.69, 9.17) is 9.47 Å². The molecule has 2 aromatic rings. The van der Waals surface area contributed by atoms with Crippen molar-refractivity contribution in [1.29, 1.82) is 5.26 Å². The number of fused-ring (bicyclic) bond motifs is 1. The number of nitrogens with zero attached hydrogens (tertiary/aromatic N) is 3. The van der Waals surface area contributed by atoms with E-state index in [0.717, 1.165) is 44.2 Å². The Morgan fingerprint density at radius 1 is 1.14 bits per heavy atom. The second-order valence-corrected chi connectivity index (χ2v) is 7.32. The summed E-state index contributed by atoms with van der Waals surface area (Å²) in [5.41, 5.74) is 2.23. The molecule has 1 fully saturated rings. The number of benzene rings is 2. The van der Waals surface area contributed by atoms with Crippen molar-refractivity contribution in [3.05, 3.63) is 53.6 Å². The lowest BCUT2D eigenvalue weighted by Crippen LogP contribution is -2.52. The quantitative estimate of drug-likeness (QED) is 0.842. The zero-order valence-electron chi connectivity index (χ0n) is 16.4. The van der Waals surface area contributed by atoms with Crippen molar-refractivity contribution >= 4 is 11.6 Å². The van der Waals surface area contributed by atoms with Crippen LogP contribution in [0.25, 0.3) is 0 Å². The van der Waals surface area contributed by atoms with Gasteiger partial charge in [0, 0.05) is 32.7 Å². The molecule has 0 radical (unpaired) electrons. The molecule has 7 heteroatoms. The number of piperazine rings is 1. The third kappa shape index (κ3) is 4.34. The zero-order chi connectivity index (χ0) is 20.2. The lowest BCUT2D eigenvalue weighted by Gasteiger charge is -2.37. The summed E-state index contributed by atoms with van der Waals surface area (Å²) in [6.45, 7) is 6.47. The van der Waals surface area contributed by atoms with Gasteiger partial charge in [0.25, 0.3) is 0 Å². The number of rotatable bonds is 5. The Morgan fingerprint density at radius 3 is 2.69 bits per heavy atom. The van der Waals surface area contributed by atoms with Crippen molar-refractivity contribution in [3.8, 4) is 17.6 Å². The molecule has 2 heterocycles. The Bertz CT molecular complexity index is 932. The number of ether oxygens (including phenoxy) is 2. The van der Waals surface area contributed by atoms with E-state index in [0.29, 0.717) is 11.3 Å². The molecule has 0 saturated carbocycles. The van der Waals surface area contributed by atoms with Gasteiger partial charge in [0.15, 0.2) is 11.5 Å². The molecular formula is C22H24N4O3. The van der Waals surface area contributed by atoms with Crippen LogP contribution in [0, 0.1) is 11.3 Å². The average molecular weight is 392 g/mol. The Labute approximate surface area is 170 Å². The molecule has 1 saturated heterocycles. The Kier molecular flexibility index (Phi) is 5.65. The molecule has 7 nitrogen and oxygen atoms in total. The molecule has 2 aliphatic heterocycles. The van der Waals surface area contributed by atoms with Gasteiger partial charge < -0.3 is 14.8 Å². The summed E-state index contributed by atoms with van der Waals surface area (Å²) >= 11 is 0. The van der Waals surface area contributed by atoms with Crippen molar-refractivity contribution < 1.29 is 14.3 Å². The molecule has 29 heavy (non-hydrogen) atoms. The lowest BCUT2D eigenvalue weighted by molar-refractivity contribution is -0.121. The highest BCUT2D eigenvalue weighted by Crippen LogP contribution is 2.32. The number of anilines is 1. The van der Waals surface area contributed by atoms with E-state index in [1.165, 1.54) is 5.56 Å². The maximum Gasteiger partial charge on any atom is 0.241 e. The predicted octanol–water partition coefficient (Wildman–Crippen LogP) is 2.43. The first-order chi connectivity index (χ1) is 14.1. The highest BCUT2D eigenvalue weighted by Gasteiger charge is 2.26. The number of carbonyl (C=O) groups is 1. The average Bonchev–Trinajstić information content (AvgIpc) is 3.22. The fourth-order valence-corrected chi connectivity index (χ4v) is 3.70. The number of hydrogen-bond acceptors (Lipinski definition) is 6. The topological polar surface area (TPSA) is 77.8 Å². The largest absolute Gasteiger partial charge is 0.454 e. The standard InChI is InChI=1S/C22H24N4O3/c1-16(22(27)24-19-5-3-2-4-18(19)13-23)26-10-8-25(9-11-26)14-17-6-7-20-21(12-17)29-15-28-20/h2-7,12,16H,8-11,14-15H2,1H3,(H,24,27)/t16-/m1/s1. The highest BCUT2D eigenvalue weighted by molar-refractivity contribution is 5.95. The Hall–Kier alpha value is -3.08. The minimum Gasteiger partial charge on any atom is -0.454 e. The van der Waals surface area contributed by atoms with Crippen LogP contribution in [0.5, 0.6) is 11.5 Å². The predicted molar refractivity (Wildman–Crippen MR) is 109 cm³/mol. The van der Waals surface area contributed by atoms with Gasteiger partial charge in [-0.25, -0.2) is 0 Å². The van der Waals surface area contributed by atoms with Gasteiger partial charge in [0.2, 0.25) is 12.7 Å². The van der Waals surface area contributed by atoms with E-state index in [1.54, 1.807) is 18.2 Å². The molecule has 2 aromatic carbocycles. The monoisotopic (exact) mass is 392 g/mol. The van der Waals surface area contributed by atoms with Gasteiger partial charge >= 0.3 is 0 Å². The molecule has 0 spiro atoms. The van der Waals surface area contributed by atoms with Crippen LogP contribution in [0.15, 0.2) is 42.5 Å². The molecular weight excluding hydrogens is 368 g/mol. The number of hydrogen-bond donors (Lipinski definition) is 1. The number of amides is 1. The summed E-state index contributed by atoms with van der Waals surface area (Å²) < 4.78 is 10.8. The van der Waals surface area contributed by atoms with E-state index < -0.39 is 0 Å². The van der Waals surface area contributed by atoms with Crippen LogP contribution < -0.4 is 14.8 Å². The number of nitriles is 1. The maximum atomic E-state index is 12.7. The van der Waals surface area contributed by atoms with Crippen LogP contribution in [-0.4, -0.2) is 54.7 Å². The van der Waals surface area contributed by atoms with E-state index in [1.807, 2.05) is 25.1 Å². The van der Waals surface area contributed by atoms with Crippen LogP contribution in [0.2, 0.25) is 0 Å². The summed E-state index contributed by atoms with van der Waals surface area (Å²) in [6.07, 6.45) is 0. The first-order valence-electron chi connectivity index (χ1n) is 9.79. The van der Waals surface area contributed by atoms with Crippen LogP contribution in [0.3, 0.4) is 0 Å². The maximum absolute atomic E-state index is 12.7. The second-order valence-electron chi connectivity index (χ2n) is 7.32. The van der Waals surface area contributed by atoms with Crippen molar-refractivity contribution in [3.63, 3.8) is 0 Å². The normalized spacial score (nSPS) is 17.5. The molecule has 1 amide bonds. The molecule has 0 aromatic heterocycles. The van der Waals surface area contributed by atoms with E-state index in [-0.39, 0.29) is 18.7 Å². The summed E-state index contributed by atoms with van der Waals surface area (Å²) in [5.74, 6) is 1.53. The van der Waals surface area contributed by atoms with E-state index in [9.17, 15) is 10.1 Å². The molecule has 4 rings (SSSR count). The van der Waals surface area contributed by atoms with Gasteiger partial charge in [0.05, 0.1) is 17.3 Å². The van der Waals surface area contributed by atoms with Gasteiger partial charge in [-0.2, -0.15) is 5.26 Å². The molecule has 0 aliphatic carbocycles. The molecule has 0 unspecified atom stereocenters. The summed E-state index contributed by atoms with van der Waals surface area (Å²) in [5, 5.41) is 12.1. The van der Waals surface area contributed by atoms with Gasteiger partial charge in [-0.05, 0) is 36.8 Å². The molecule has 0 bridgehead atoms. The van der Waals surface area contributed by atoms with E-state index in [2.05, 4.69) is 27.3 Å². The summed E-state index contributed by atoms with van der Waals surface area (Å²) in [4.78, 5) is 17.2. The van der Waals surface area contributed by atoms with Gasteiger partial charge in [-0.15, -0.1) is 0 Å². The summed E-state index contributed by atoms with van der Waals surface area (Å²) in [6, 6.07) is 15.0. The van der Waals surface area contributed by atoms with E-state index >= 15 is 0 Å². The van der Waals surface area contributed by atoms with Crippen molar-refractivity contribution in [2.75, 3.05) is 38.3 Å². The smallest absolute Gasteiger partial charge is 0.241 e. The fraction of sp³-hybridized carbons (Fsp3) is 0.364. The molecule has 1 atom stereocenters. The zero-order valence-corrected chi connectivity index (χ0v) is 16.4. The minimum atomic E-state index is -0.255. The van der Waals surface area contributed by atoms with Crippen LogP contribution in [0.1, 0.15) is 18.1 Å². The first-order valence-corrected chi connectivity index (χ1v) is 9.79. The van der Waals surface area contributed by atoms with Crippen LogP contribution in [0.4, 0.5) is 5.69 Å². The molecule has 1 N–H and O–H groups in total. The highest BCUT2D eigenvalue weighted by atomic mass is 16.7. The molecule has 2 aliphatic rings. The lowest BCUT2D eigenvalue weighted by atomic mass is 10.1. The van der Waals surface area contributed by atoms with Gasteiger partial charge in [-0.3, -0.25) is 14.6 Å².